The van der Waals surface area contributed by atoms with E-state index in [1.165, 1.54) is 6.07 Å². The molecule has 74 valence electrons. The van der Waals surface area contributed by atoms with E-state index in [2.05, 4.69) is 4.98 Å². The van der Waals surface area contributed by atoms with Crippen molar-refractivity contribution in [3.05, 3.63) is 34.7 Å². The number of H-pyrrole nitrogens is 1. The van der Waals surface area contributed by atoms with E-state index in [1.54, 1.807) is 12.1 Å². The lowest BCUT2D eigenvalue weighted by Crippen LogP contribution is -2.02. The Morgan fingerprint density at radius 1 is 1.43 bits per heavy atom. The molecule has 0 atom stereocenters. The van der Waals surface area contributed by atoms with Crippen molar-refractivity contribution in [2.75, 3.05) is 6.54 Å². The Morgan fingerprint density at radius 3 is 2.93 bits per heavy atom. The van der Waals surface area contributed by atoms with Crippen molar-refractivity contribution in [3.63, 3.8) is 0 Å². The van der Waals surface area contributed by atoms with Gasteiger partial charge in [-0.25, -0.2) is 4.39 Å². The zero-order valence-corrected chi connectivity index (χ0v) is 8.24. The maximum absolute atomic E-state index is 13.5. The first-order chi connectivity index (χ1) is 6.74. The topological polar surface area (TPSA) is 41.8 Å². The van der Waals surface area contributed by atoms with Crippen molar-refractivity contribution >= 4 is 22.5 Å². The quantitative estimate of drug-likeness (QED) is 0.789. The molecule has 0 unspecified atom stereocenters. The molecule has 0 spiro atoms. The average Bonchev–Trinajstić information content (AvgIpc) is 2.45. The van der Waals surface area contributed by atoms with Gasteiger partial charge in [0.25, 0.3) is 0 Å². The Morgan fingerprint density at radius 2 is 2.21 bits per heavy atom. The molecule has 14 heavy (non-hydrogen) atoms. The van der Waals surface area contributed by atoms with Gasteiger partial charge in [0.2, 0.25) is 0 Å². The number of nitrogens with one attached hydrogen (secondary N) is 1. The first-order valence-electron chi connectivity index (χ1n) is 4.38. The van der Waals surface area contributed by atoms with Crippen molar-refractivity contribution in [1.82, 2.24) is 4.98 Å². The summed E-state index contributed by atoms with van der Waals surface area (Å²) in [6.45, 7) is 0.459. The van der Waals surface area contributed by atoms with Gasteiger partial charge < -0.3 is 10.7 Å². The number of rotatable bonds is 2. The van der Waals surface area contributed by atoms with Crippen molar-refractivity contribution in [2.45, 2.75) is 6.42 Å². The van der Waals surface area contributed by atoms with E-state index in [0.717, 1.165) is 11.1 Å². The summed E-state index contributed by atoms with van der Waals surface area (Å²) in [7, 11) is 0. The average molecular weight is 213 g/mol. The van der Waals surface area contributed by atoms with Crippen LogP contribution in [0.4, 0.5) is 4.39 Å². The number of aromatic nitrogens is 1. The highest BCUT2D eigenvalue weighted by Crippen LogP contribution is 2.28. The van der Waals surface area contributed by atoms with Crippen molar-refractivity contribution in [2.24, 2.45) is 5.73 Å². The highest BCUT2D eigenvalue weighted by molar-refractivity contribution is 6.31. The molecule has 1 aromatic heterocycles. The van der Waals surface area contributed by atoms with E-state index in [-0.39, 0.29) is 5.82 Å². The predicted molar refractivity (Wildman–Crippen MR) is 56.0 cm³/mol. The molecule has 0 saturated heterocycles. The van der Waals surface area contributed by atoms with Gasteiger partial charge in [0.05, 0.1) is 0 Å². The van der Waals surface area contributed by atoms with Crippen molar-refractivity contribution < 1.29 is 4.39 Å². The lowest BCUT2D eigenvalue weighted by Gasteiger charge is -1.97. The molecule has 0 radical (unpaired) electrons. The summed E-state index contributed by atoms with van der Waals surface area (Å²) < 4.78 is 13.5. The van der Waals surface area contributed by atoms with Crippen molar-refractivity contribution in [1.29, 1.82) is 0 Å². The third-order valence-corrected chi connectivity index (χ3v) is 2.54. The summed E-state index contributed by atoms with van der Waals surface area (Å²) in [5, 5.41) is 1.04. The molecular weight excluding hydrogens is 203 g/mol. The van der Waals surface area contributed by atoms with Crippen LogP contribution >= 0.6 is 11.6 Å². The number of fused-ring (bicyclic) bond motifs is 1. The summed E-state index contributed by atoms with van der Waals surface area (Å²) in [5.74, 6) is -0.255. The first kappa shape index (κ1) is 9.49. The highest BCUT2D eigenvalue weighted by Gasteiger charge is 2.12. The van der Waals surface area contributed by atoms with Gasteiger partial charge in [0.1, 0.15) is 11.0 Å². The van der Waals surface area contributed by atoms with Crippen LogP contribution in [0, 0.1) is 5.82 Å². The van der Waals surface area contributed by atoms with E-state index in [0.29, 0.717) is 23.5 Å². The molecule has 0 fully saturated rings. The molecule has 2 aromatic rings. The lowest BCUT2D eigenvalue weighted by molar-refractivity contribution is 0.639. The monoisotopic (exact) mass is 212 g/mol. The lowest BCUT2D eigenvalue weighted by atomic mass is 10.1. The molecule has 0 bridgehead atoms. The standard InChI is InChI=1S/C10H10ClFN2/c11-10-6(4-5-13)9-7(12)2-1-3-8(9)14-10/h1-3,14H,4-5,13H2. The largest absolute Gasteiger partial charge is 0.345 e. The first-order valence-corrected chi connectivity index (χ1v) is 4.76. The molecule has 0 aliphatic heterocycles. The molecule has 0 saturated carbocycles. The van der Waals surface area contributed by atoms with Crippen LogP contribution in [-0.2, 0) is 6.42 Å². The minimum atomic E-state index is -0.255. The Labute approximate surface area is 85.9 Å². The van der Waals surface area contributed by atoms with Gasteiger partial charge >= 0.3 is 0 Å². The van der Waals surface area contributed by atoms with Crippen LogP contribution in [-0.4, -0.2) is 11.5 Å². The molecule has 0 aliphatic rings. The van der Waals surface area contributed by atoms with E-state index < -0.39 is 0 Å². The Kier molecular flexibility index (Phi) is 2.44. The fraction of sp³-hybridized carbons (Fsp3) is 0.200. The molecule has 0 aliphatic carbocycles. The fourth-order valence-electron chi connectivity index (χ4n) is 1.62. The Balaban J connectivity index is 2.73. The maximum atomic E-state index is 13.5. The van der Waals surface area contributed by atoms with Crippen LogP contribution in [0.25, 0.3) is 10.9 Å². The Bertz CT molecular complexity index is 464. The summed E-state index contributed by atoms with van der Waals surface area (Å²) >= 11 is 5.94. The molecule has 1 aromatic carbocycles. The van der Waals surface area contributed by atoms with Gasteiger partial charge in [-0.2, -0.15) is 0 Å². The van der Waals surface area contributed by atoms with E-state index in [1.807, 2.05) is 0 Å². The predicted octanol–water partition coefficient (Wildman–Crippen LogP) is 2.46. The smallest absolute Gasteiger partial charge is 0.132 e. The minimum Gasteiger partial charge on any atom is -0.345 e. The SMILES string of the molecule is NCCc1c(Cl)[nH]c2cccc(F)c12. The van der Waals surface area contributed by atoms with Crippen LogP contribution in [0.2, 0.25) is 5.15 Å². The molecule has 0 amide bonds. The van der Waals surface area contributed by atoms with Gasteiger partial charge in [0, 0.05) is 16.5 Å². The van der Waals surface area contributed by atoms with Gasteiger partial charge in [-0.05, 0) is 25.1 Å². The molecular formula is C10H10ClFN2. The minimum absolute atomic E-state index is 0.255. The molecule has 4 heteroatoms. The summed E-state index contributed by atoms with van der Waals surface area (Å²) in [6, 6.07) is 4.87. The second-order valence-electron chi connectivity index (χ2n) is 3.12. The second kappa shape index (κ2) is 3.59. The van der Waals surface area contributed by atoms with Gasteiger partial charge in [-0.1, -0.05) is 17.7 Å². The van der Waals surface area contributed by atoms with Gasteiger partial charge in [-0.15, -0.1) is 0 Å². The van der Waals surface area contributed by atoms with Crippen LogP contribution < -0.4 is 5.73 Å². The van der Waals surface area contributed by atoms with Crippen LogP contribution in [0.15, 0.2) is 18.2 Å². The van der Waals surface area contributed by atoms with Crippen LogP contribution in [0.5, 0.6) is 0 Å². The normalized spacial score (nSPS) is 11.1. The van der Waals surface area contributed by atoms with E-state index in [9.17, 15) is 4.39 Å². The van der Waals surface area contributed by atoms with Gasteiger partial charge in [-0.3, -0.25) is 0 Å². The fourth-order valence-corrected chi connectivity index (χ4v) is 1.91. The Hall–Kier alpha value is -1.06. The third-order valence-electron chi connectivity index (χ3n) is 2.22. The molecule has 1 heterocycles. The van der Waals surface area contributed by atoms with Crippen LogP contribution in [0.1, 0.15) is 5.56 Å². The summed E-state index contributed by atoms with van der Waals surface area (Å²) in [5.41, 5.74) is 6.92. The summed E-state index contributed by atoms with van der Waals surface area (Å²) in [4.78, 5) is 2.92. The molecule has 2 rings (SSSR count). The number of hydrogen-bond acceptors (Lipinski definition) is 1. The maximum Gasteiger partial charge on any atom is 0.132 e. The highest BCUT2D eigenvalue weighted by atomic mass is 35.5. The third kappa shape index (κ3) is 1.38. The van der Waals surface area contributed by atoms with Crippen LogP contribution in [0.3, 0.4) is 0 Å². The van der Waals surface area contributed by atoms with E-state index >= 15 is 0 Å². The molecule has 3 N–H and O–H groups in total. The number of hydrogen-bond donors (Lipinski definition) is 2. The number of aromatic amines is 1. The second-order valence-corrected chi connectivity index (χ2v) is 3.50. The number of halogens is 2. The van der Waals surface area contributed by atoms with E-state index in [4.69, 9.17) is 17.3 Å². The summed E-state index contributed by atoms with van der Waals surface area (Å²) in [6.07, 6.45) is 0.583. The van der Waals surface area contributed by atoms with Gasteiger partial charge in [0.15, 0.2) is 0 Å². The van der Waals surface area contributed by atoms with Crippen molar-refractivity contribution in [3.8, 4) is 0 Å². The number of benzene rings is 1. The number of nitrogens with two attached hydrogens (primary N) is 1. The zero-order chi connectivity index (χ0) is 10.1. The molecule has 2 nitrogen and oxygen atoms in total. The zero-order valence-electron chi connectivity index (χ0n) is 7.48.